The van der Waals surface area contributed by atoms with Gasteiger partial charge in [-0.15, -0.1) is 0 Å². The summed E-state index contributed by atoms with van der Waals surface area (Å²) in [5, 5.41) is 12.3. The van der Waals surface area contributed by atoms with Crippen molar-refractivity contribution in [3.8, 4) is 0 Å². The number of amides is 1. The standard InChI is InChI=1S/C26H50NO8P/c1-3-5-6-7-8-9-10-11-12-13-14-15-16-17-19-26(30)33-22-24(28)23-35-36(31,32)34-21-20-27-25(29)18-4-2/h10-11,24,28H,3-9,12-23H2,1-2H3,(H,27,29)(H,31,32)/b11-10-. The molecular formula is C26H50NO8P. The molecule has 2 unspecified atom stereocenters. The monoisotopic (exact) mass is 535 g/mol. The Morgan fingerprint density at radius 3 is 2.08 bits per heavy atom. The van der Waals surface area contributed by atoms with E-state index in [-0.39, 0.29) is 32.1 Å². The van der Waals surface area contributed by atoms with Crippen LogP contribution < -0.4 is 5.32 Å². The number of phosphoric ester groups is 1. The van der Waals surface area contributed by atoms with Crippen LogP contribution in [0.15, 0.2) is 12.2 Å². The van der Waals surface area contributed by atoms with E-state index in [9.17, 15) is 24.2 Å². The van der Waals surface area contributed by atoms with Gasteiger partial charge in [0, 0.05) is 19.4 Å². The first-order chi connectivity index (χ1) is 17.3. The Balaban J connectivity index is 3.63. The summed E-state index contributed by atoms with van der Waals surface area (Å²) in [6.07, 6.45) is 18.6. The molecule has 36 heavy (non-hydrogen) atoms. The minimum Gasteiger partial charge on any atom is -0.463 e. The van der Waals surface area contributed by atoms with E-state index in [0.29, 0.717) is 12.8 Å². The number of phosphoric acid groups is 1. The Hall–Kier alpha value is -1.25. The van der Waals surface area contributed by atoms with E-state index in [1.165, 1.54) is 38.5 Å². The van der Waals surface area contributed by atoms with Gasteiger partial charge in [-0.25, -0.2) is 4.57 Å². The van der Waals surface area contributed by atoms with Crippen molar-refractivity contribution >= 4 is 19.7 Å². The molecule has 2 atom stereocenters. The minimum atomic E-state index is -4.37. The van der Waals surface area contributed by atoms with Gasteiger partial charge in [0.15, 0.2) is 0 Å². The lowest BCUT2D eigenvalue weighted by molar-refractivity contribution is -0.147. The molecular weight excluding hydrogens is 485 g/mol. The van der Waals surface area contributed by atoms with Gasteiger partial charge in [-0.1, -0.05) is 70.9 Å². The summed E-state index contributed by atoms with van der Waals surface area (Å²) in [6.45, 7) is 3.13. The maximum atomic E-state index is 11.8. The van der Waals surface area contributed by atoms with Crippen molar-refractivity contribution in [1.29, 1.82) is 0 Å². The average Bonchev–Trinajstić information content (AvgIpc) is 2.84. The van der Waals surface area contributed by atoms with Crippen LogP contribution in [0.5, 0.6) is 0 Å². The average molecular weight is 536 g/mol. The Morgan fingerprint density at radius 2 is 1.44 bits per heavy atom. The summed E-state index contributed by atoms with van der Waals surface area (Å²) in [6, 6.07) is 0. The van der Waals surface area contributed by atoms with Crippen molar-refractivity contribution in [2.45, 2.75) is 116 Å². The summed E-state index contributed by atoms with van der Waals surface area (Å²) >= 11 is 0. The molecule has 1 amide bonds. The van der Waals surface area contributed by atoms with E-state index in [1.807, 2.05) is 6.92 Å². The molecule has 0 saturated carbocycles. The number of carbonyl (C=O) groups excluding carboxylic acids is 2. The van der Waals surface area contributed by atoms with Crippen LogP contribution in [0.1, 0.15) is 110 Å². The molecule has 0 aromatic carbocycles. The largest absolute Gasteiger partial charge is 0.472 e. The fourth-order valence-corrected chi connectivity index (χ4v) is 4.11. The van der Waals surface area contributed by atoms with Crippen LogP contribution in [0, 0.1) is 0 Å². The number of esters is 1. The first-order valence-corrected chi connectivity index (χ1v) is 15.2. The van der Waals surface area contributed by atoms with Crippen LogP contribution in [0.2, 0.25) is 0 Å². The summed E-state index contributed by atoms with van der Waals surface area (Å²) in [5.41, 5.74) is 0. The van der Waals surface area contributed by atoms with Gasteiger partial charge in [0.25, 0.3) is 0 Å². The molecule has 0 fully saturated rings. The van der Waals surface area contributed by atoms with E-state index in [1.54, 1.807) is 0 Å². The van der Waals surface area contributed by atoms with E-state index in [2.05, 4.69) is 24.4 Å². The zero-order valence-corrected chi connectivity index (χ0v) is 23.4. The number of ether oxygens (including phenoxy) is 1. The smallest absolute Gasteiger partial charge is 0.463 e. The lowest BCUT2D eigenvalue weighted by Gasteiger charge is -2.15. The Labute approximate surface area is 218 Å². The van der Waals surface area contributed by atoms with Gasteiger partial charge in [-0.3, -0.25) is 18.6 Å². The van der Waals surface area contributed by atoms with E-state index < -0.39 is 26.5 Å². The van der Waals surface area contributed by atoms with Gasteiger partial charge < -0.3 is 20.1 Å². The third-order valence-corrected chi connectivity index (χ3v) is 6.40. The van der Waals surface area contributed by atoms with Crippen LogP contribution in [-0.4, -0.2) is 54.3 Å². The first-order valence-electron chi connectivity index (χ1n) is 13.7. The summed E-state index contributed by atoms with van der Waals surface area (Å²) in [4.78, 5) is 32.7. The topological polar surface area (TPSA) is 131 Å². The second-order valence-corrected chi connectivity index (χ2v) is 10.5. The maximum Gasteiger partial charge on any atom is 0.472 e. The number of aliphatic hydroxyl groups is 1. The van der Waals surface area contributed by atoms with Crippen LogP contribution in [0.3, 0.4) is 0 Å². The highest BCUT2D eigenvalue weighted by molar-refractivity contribution is 7.47. The number of allylic oxidation sites excluding steroid dienone is 2. The normalized spacial score (nSPS) is 14.0. The number of rotatable bonds is 25. The molecule has 0 aliphatic rings. The van der Waals surface area contributed by atoms with Crippen molar-refractivity contribution in [2.75, 3.05) is 26.4 Å². The molecule has 9 nitrogen and oxygen atoms in total. The van der Waals surface area contributed by atoms with E-state index >= 15 is 0 Å². The van der Waals surface area contributed by atoms with Gasteiger partial charge in [-0.05, 0) is 38.5 Å². The summed E-state index contributed by atoms with van der Waals surface area (Å²) < 4.78 is 26.2. The zero-order valence-electron chi connectivity index (χ0n) is 22.5. The fraction of sp³-hybridized carbons (Fsp3) is 0.846. The van der Waals surface area contributed by atoms with Crippen molar-refractivity contribution < 1.29 is 37.9 Å². The number of aliphatic hydroxyl groups excluding tert-OH is 1. The van der Waals surface area contributed by atoms with Crippen LogP contribution in [0.4, 0.5) is 0 Å². The SMILES string of the molecule is CCCCCCC/C=C\CCCCCCCC(=O)OCC(O)COP(=O)(O)OCCNC(=O)CCC. The molecule has 0 aliphatic heterocycles. The fourth-order valence-electron chi connectivity index (χ4n) is 3.36. The number of hydrogen-bond acceptors (Lipinski definition) is 7. The highest BCUT2D eigenvalue weighted by atomic mass is 31.2. The molecule has 0 heterocycles. The number of nitrogens with one attached hydrogen (secondary N) is 1. The quantitative estimate of drug-likeness (QED) is 0.0597. The zero-order chi connectivity index (χ0) is 26.9. The highest BCUT2D eigenvalue weighted by Gasteiger charge is 2.23. The van der Waals surface area contributed by atoms with Gasteiger partial charge in [-0.2, -0.15) is 0 Å². The first kappa shape index (κ1) is 34.8. The molecule has 0 saturated heterocycles. The van der Waals surface area contributed by atoms with Gasteiger partial charge in [0.2, 0.25) is 5.91 Å². The molecule has 212 valence electrons. The van der Waals surface area contributed by atoms with Crippen molar-refractivity contribution in [2.24, 2.45) is 0 Å². The third-order valence-electron chi connectivity index (χ3n) is 5.42. The van der Waals surface area contributed by atoms with Crippen LogP contribution in [-0.2, 0) is 27.9 Å². The second kappa shape index (κ2) is 24.1. The predicted molar refractivity (Wildman–Crippen MR) is 141 cm³/mol. The summed E-state index contributed by atoms with van der Waals surface area (Å²) in [5.74, 6) is -0.583. The van der Waals surface area contributed by atoms with Gasteiger partial charge >= 0.3 is 13.8 Å². The lowest BCUT2D eigenvalue weighted by atomic mass is 10.1. The molecule has 0 rings (SSSR count). The molecule has 0 radical (unpaired) electrons. The molecule has 0 bridgehead atoms. The van der Waals surface area contributed by atoms with Crippen molar-refractivity contribution in [3.63, 3.8) is 0 Å². The number of unbranched alkanes of at least 4 members (excludes halogenated alkanes) is 10. The van der Waals surface area contributed by atoms with Crippen LogP contribution >= 0.6 is 7.82 Å². The van der Waals surface area contributed by atoms with E-state index in [4.69, 9.17) is 13.8 Å². The van der Waals surface area contributed by atoms with Crippen molar-refractivity contribution in [3.05, 3.63) is 12.2 Å². The highest BCUT2D eigenvalue weighted by Crippen LogP contribution is 2.42. The predicted octanol–water partition coefficient (Wildman–Crippen LogP) is 5.59. The summed E-state index contributed by atoms with van der Waals surface area (Å²) in [7, 11) is -4.37. The van der Waals surface area contributed by atoms with Gasteiger partial charge in [0.1, 0.15) is 12.7 Å². The second-order valence-electron chi connectivity index (χ2n) is 9.02. The molecule has 0 spiro atoms. The lowest BCUT2D eigenvalue weighted by Crippen LogP contribution is -2.27. The Bertz CT molecular complexity index is 629. The third kappa shape index (κ3) is 24.4. The van der Waals surface area contributed by atoms with E-state index in [0.717, 1.165) is 38.5 Å². The number of carbonyl (C=O) groups is 2. The molecule has 3 N–H and O–H groups in total. The van der Waals surface area contributed by atoms with Crippen molar-refractivity contribution in [1.82, 2.24) is 5.32 Å². The number of hydrogen-bond donors (Lipinski definition) is 3. The Morgan fingerprint density at radius 1 is 0.833 bits per heavy atom. The van der Waals surface area contributed by atoms with Gasteiger partial charge in [0.05, 0.1) is 13.2 Å². The molecule has 0 aromatic rings. The molecule has 10 heteroatoms. The molecule has 0 aliphatic carbocycles. The minimum absolute atomic E-state index is 0.0726. The molecule has 0 aromatic heterocycles. The Kier molecular flexibility index (Phi) is 23.3. The maximum absolute atomic E-state index is 11.8. The van der Waals surface area contributed by atoms with Crippen LogP contribution in [0.25, 0.3) is 0 Å².